The molecule has 0 radical (unpaired) electrons. The summed E-state index contributed by atoms with van der Waals surface area (Å²) in [6, 6.07) is 22.8. The quantitative estimate of drug-likeness (QED) is 0.398. The van der Waals surface area contributed by atoms with E-state index in [9.17, 15) is 4.79 Å². The van der Waals surface area contributed by atoms with E-state index in [1.54, 1.807) is 31.4 Å². The third-order valence-corrected chi connectivity index (χ3v) is 7.06. The third-order valence-electron chi connectivity index (χ3n) is 6.73. The molecule has 3 aromatic rings. The molecule has 0 bridgehead atoms. The lowest BCUT2D eigenvalue weighted by Crippen LogP contribution is -2.32. The van der Waals surface area contributed by atoms with Crippen LogP contribution >= 0.6 is 11.6 Å². The van der Waals surface area contributed by atoms with Crippen LogP contribution in [0.5, 0.6) is 11.5 Å². The minimum absolute atomic E-state index is 0.105. The van der Waals surface area contributed by atoms with Crippen LogP contribution < -0.4 is 9.47 Å². The number of carbonyl (C=O) groups excluding carboxylic acids is 1. The molecule has 1 aliphatic heterocycles. The van der Waals surface area contributed by atoms with Gasteiger partial charge in [-0.25, -0.2) is 5.01 Å². The maximum absolute atomic E-state index is 13.7. The summed E-state index contributed by atoms with van der Waals surface area (Å²) in [4.78, 5) is 13.7. The van der Waals surface area contributed by atoms with Crippen LogP contribution in [0.3, 0.4) is 0 Å². The summed E-state index contributed by atoms with van der Waals surface area (Å²) in [6.07, 6.45) is 5.10. The largest absolute Gasteiger partial charge is 0.497 e. The number of methoxy groups -OCH3 is 2. The summed E-state index contributed by atoms with van der Waals surface area (Å²) in [7, 11) is 3.31. The molecule has 5 nitrogen and oxygen atoms in total. The first-order valence-corrected chi connectivity index (χ1v) is 12.1. The van der Waals surface area contributed by atoms with Crippen LogP contribution in [0.2, 0.25) is 5.02 Å². The first-order chi connectivity index (χ1) is 17.1. The van der Waals surface area contributed by atoms with Gasteiger partial charge in [0.25, 0.3) is 5.91 Å². The van der Waals surface area contributed by atoms with Crippen LogP contribution in [0.25, 0.3) is 6.08 Å². The molecule has 1 aliphatic carbocycles. The second-order valence-electron chi connectivity index (χ2n) is 8.77. The maximum Gasteiger partial charge on any atom is 0.276 e. The average Bonchev–Trinajstić information content (AvgIpc) is 3.30. The van der Waals surface area contributed by atoms with Gasteiger partial charge in [0, 0.05) is 5.92 Å². The zero-order chi connectivity index (χ0) is 24.4. The Morgan fingerprint density at radius 3 is 2.29 bits per heavy atom. The molecule has 0 aromatic heterocycles. The van der Waals surface area contributed by atoms with Crippen LogP contribution in [-0.4, -0.2) is 30.8 Å². The number of fused-ring (bicyclic) bond motifs is 1. The van der Waals surface area contributed by atoms with Crippen molar-refractivity contribution in [3.05, 3.63) is 100 Å². The predicted molar refractivity (Wildman–Crippen MR) is 139 cm³/mol. The first-order valence-electron chi connectivity index (χ1n) is 11.7. The molecule has 178 valence electrons. The van der Waals surface area contributed by atoms with Gasteiger partial charge in [-0.3, -0.25) is 4.79 Å². The molecule has 1 saturated carbocycles. The Morgan fingerprint density at radius 1 is 0.971 bits per heavy atom. The van der Waals surface area contributed by atoms with Crippen molar-refractivity contribution >= 4 is 29.3 Å². The molecule has 35 heavy (non-hydrogen) atoms. The van der Waals surface area contributed by atoms with E-state index in [0.29, 0.717) is 10.6 Å². The van der Waals surface area contributed by atoms with Gasteiger partial charge in [-0.15, -0.1) is 0 Å². The van der Waals surface area contributed by atoms with E-state index in [-0.39, 0.29) is 17.9 Å². The van der Waals surface area contributed by atoms with Crippen molar-refractivity contribution in [2.75, 3.05) is 14.2 Å². The third kappa shape index (κ3) is 4.56. The van der Waals surface area contributed by atoms with Crippen molar-refractivity contribution in [2.24, 2.45) is 11.0 Å². The molecule has 1 heterocycles. The molecule has 1 amide bonds. The number of allylic oxidation sites excluding steroid dienone is 1. The highest BCUT2D eigenvalue weighted by molar-refractivity contribution is 6.33. The first kappa shape index (κ1) is 23.2. The highest BCUT2D eigenvalue weighted by atomic mass is 35.5. The van der Waals surface area contributed by atoms with Crippen molar-refractivity contribution in [2.45, 2.75) is 25.3 Å². The van der Waals surface area contributed by atoms with Gasteiger partial charge in [0.2, 0.25) is 0 Å². The summed E-state index contributed by atoms with van der Waals surface area (Å²) < 4.78 is 10.6. The molecule has 0 saturated heterocycles. The van der Waals surface area contributed by atoms with Gasteiger partial charge in [-0.05, 0) is 78.4 Å². The number of halogens is 1. The smallest absolute Gasteiger partial charge is 0.276 e. The van der Waals surface area contributed by atoms with E-state index < -0.39 is 0 Å². The number of hydrazone groups is 1. The Bertz CT molecular complexity index is 1280. The monoisotopic (exact) mass is 486 g/mol. The standard InChI is InChI=1S/C29H27ClN2O3/c1-34-22-14-10-19(11-15-22)18-21-6-5-8-25-27(21)31-32(29(33)24-7-3-4-9-26(24)30)28(25)20-12-16-23(35-2)17-13-20/h3-4,7,9-18,25,28H,5-6,8H2,1-2H3. The lowest BCUT2D eigenvalue weighted by molar-refractivity contribution is 0.0681. The van der Waals surface area contributed by atoms with Crippen molar-refractivity contribution < 1.29 is 14.3 Å². The van der Waals surface area contributed by atoms with Gasteiger partial charge >= 0.3 is 0 Å². The van der Waals surface area contributed by atoms with E-state index in [1.165, 1.54) is 5.57 Å². The summed E-state index contributed by atoms with van der Waals surface area (Å²) >= 11 is 6.41. The van der Waals surface area contributed by atoms with E-state index in [4.69, 9.17) is 26.2 Å². The number of amides is 1. The number of rotatable bonds is 5. The van der Waals surface area contributed by atoms with Crippen LogP contribution in [0, 0.1) is 5.92 Å². The fraction of sp³-hybridized carbons (Fsp3) is 0.241. The molecule has 1 fully saturated rings. The Morgan fingerprint density at radius 2 is 1.63 bits per heavy atom. The minimum atomic E-state index is -0.209. The lowest BCUT2D eigenvalue weighted by Gasteiger charge is -2.30. The molecule has 6 heteroatoms. The van der Waals surface area contributed by atoms with E-state index in [0.717, 1.165) is 47.6 Å². The molecular formula is C29H27ClN2O3. The molecular weight excluding hydrogens is 460 g/mol. The van der Waals surface area contributed by atoms with Crippen LogP contribution in [0.1, 0.15) is 46.8 Å². The number of carbonyl (C=O) groups is 1. The SMILES string of the molecule is COc1ccc(C=C2CCCC3C2=NN(C(=O)c2ccccc2Cl)C3c2ccc(OC)cc2)cc1. The van der Waals surface area contributed by atoms with E-state index in [2.05, 4.69) is 6.08 Å². The van der Waals surface area contributed by atoms with E-state index in [1.807, 2.05) is 60.7 Å². The fourth-order valence-electron chi connectivity index (χ4n) is 4.96. The lowest BCUT2D eigenvalue weighted by atomic mass is 9.77. The van der Waals surface area contributed by atoms with Crippen LogP contribution in [-0.2, 0) is 0 Å². The Balaban J connectivity index is 1.56. The van der Waals surface area contributed by atoms with Crippen LogP contribution in [0.4, 0.5) is 0 Å². The van der Waals surface area contributed by atoms with Crippen molar-refractivity contribution in [3.8, 4) is 11.5 Å². The van der Waals surface area contributed by atoms with Crippen molar-refractivity contribution in [3.63, 3.8) is 0 Å². The molecule has 2 unspecified atom stereocenters. The van der Waals surface area contributed by atoms with Gasteiger partial charge in [0.15, 0.2) is 0 Å². The maximum atomic E-state index is 13.7. The minimum Gasteiger partial charge on any atom is -0.497 e. The Kier molecular flexibility index (Phi) is 6.60. The second kappa shape index (κ2) is 9.96. The highest BCUT2D eigenvalue weighted by Gasteiger charge is 2.44. The van der Waals surface area contributed by atoms with Gasteiger partial charge in [-0.2, -0.15) is 5.10 Å². The predicted octanol–water partition coefficient (Wildman–Crippen LogP) is 6.79. The fourth-order valence-corrected chi connectivity index (χ4v) is 5.18. The summed E-state index contributed by atoms with van der Waals surface area (Å²) in [5.41, 5.74) is 4.71. The Labute approximate surface area is 210 Å². The number of ether oxygens (including phenoxy) is 2. The molecule has 5 rings (SSSR count). The zero-order valence-corrected chi connectivity index (χ0v) is 20.5. The average molecular weight is 487 g/mol. The number of nitrogens with zero attached hydrogens (tertiary/aromatic N) is 2. The highest BCUT2D eigenvalue weighted by Crippen LogP contribution is 2.45. The molecule has 2 aliphatic rings. The Hall–Kier alpha value is -3.57. The van der Waals surface area contributed by atoms with Crippen LogP contribution in [0.15, 0.2) is 83.5 Å². The van der Waals surface area contributed by atoms with Gasteiger partial charge in [0.1, 0.15) is 11.5 Å². The second-order valence-corrected chi connectivity index (χ2v) is 9.18. The molecule has 0 spiro atoms. The van der Waals surface area contributed by atoms with Gasteiger partial charge in [-0.1, -0.05) is 48.0 Å². The van der Waals surface area contributed by atoms with E-state index >= 15 is 0 Å². The number of hydrogen-bond donors (Lipinski definition) is 0. The van der Waals surface area contributed by atoms with Crippen molar-refractivity contribution in [1.29, 1.82) is 0 Å². The summed E-state index contributed by atoms with van der Waals surface area (Å²) in [5.74, 6) is 1.51. The van der Waals surface area contributed by atoms with Crippen molar-refractivity contribution in [1.82, 2.24) is 5.01 Å². The summed E-state index contributed by atoms with van der Waals surface area (Å²) in [5, 5.41) is 7.02. The van der Waals surface area contributed by atoms with Gasteiger partial charge < -0.3 is 9.47 Å². The molecule has 3 aromatic carbocycles. The zero-order valence-electron chi connectivity index (χ0n) is 19.8. The molecule has 2 atom stereocenters. The topological polar surface area (TPSA) is 51.1 Å². The number of hydrogen-bond acceptors (Lipinski definition) is 4. The summed E-state index contributed by atoms with van der Waals surface area (Å²) in [6.45, 7) is 0. The number of benzene rings is 3. The molecule has 0 N–H and O–H groups in total. The normalized spacial score (nSPS) is 20.4. The van der Waals surface area contributed by atoms with Gasteiger partial charge in [0.05, 0.1) is 36.6 Å².